The van der Waals surface area contributed by atoms with Crippen LogP contribution in [0.4, 0.5) is 0 Å². The van der Waals surface area contributed by atoms with Crippen molar-refractivity contribution in [2.45, 2.75) is 56.9 Å². The van der Waals surface area contributed by atoms with Gasteiger partial charge in [-0.2, -0.15) is 11.8 Å². The van der Waals surface area contributed by atoms with Crippen molar-refractivity contribution in [3.05, 3.63) is 0 Å². The van der Waals surface area contributed by atoms with Crippen molar-refractivity contribution >= 4 is 11.8 Å². The highest BCUT2D eigenvalue weighted by atomic mass is 32.2. The normalized spacial score (nSPS) is 30.2. The number of aliphatic hydroxyl groups is 1. The van der Waals surface area contributed by atoms with E-state index < -0.39 is 0 Å². The Kier molecular flexibility index (Phi) is 5.90. The molecular formula is C11H23NOS. The summed E-state index contributed by atoms with van der Waals surface area (Å²) in [4.78, 5) is 0. The van der Waals surface area contributed by atoms with Gasteiger partial charge in [-0.05, 0) is 38.4 Å². The predicted molar refractivity (Wildman–Crippen MR) is 63.9 cm³/mol. The summed E-state index contributed by atoms with van der Waals surface area (Å²) in [5.41, 5.74) is 0. The number of hydrogen-bond acceptors (Lipinski definition) is 3. The van der Waals surface area contributed by atoms with E-state index in [0.29, 0.717) is 18.7 Å². The second-order valence-corrected chi connectivity index (χ2v) is 5.74. The van der Waals surface area contributed by atoms with Crippen molar-refractivity contribution in [3.63, 3.8) is 0 Å². The summed E-state index contributed by atoms with van der Waals surface area (Å²) in [5, 5.41) is 13.2. The average Bonchev–Trinajstić information content (AvgIpc) is 2.18. The molecule has 84 valence electrons. The van der Waals surface area contributed by atoms with E-state index >= 15 is 0 Å². The fourth-order valence-corrected chi connectivity index (χ4v) is 3.14. The van der Waals surface area contributed by atoms with Crippen LogP contribution in [0.15, 0.2) is 0 Å². The lowest BCUT2D eigenvalue weighted by atomic mass is 10.1. The number of aliphatic hydroxyl groups excluding tert-OH is 1. The molecule has 1 fully saturated rings. The Morgan fingerprint density at radius 3 is 3.00 bits per heavy atom. The van der Waals surface area contributed by atoms with Crippen LogP contribution in [0.5, 0.6) is 0 Å². The zero-order valence-electron chi connectivity index (χ0n) is 9.33. The van der Waals surface area contributed by atoms with E-state index in [1.54, 1.807) is 0 Å². The van der Waals surface area contributed by atoms with E-state index in [4.69, 9.17) is 5.11 Å². The van der Waals surface area contributed by atoms with Crippen molar-refractivity contribution in [1.82, 2.24) is 5.32 Å². The van der Waals surface area contributed by atoms with E-state index in [0.717, 1.165) is 18.1 Å². The van der Waals surface area contributed by atoms with Gasteiger partial charge in [-0.1, -0.05) is 6.92 Å². The summed E-state index contributed by atoms with van der Waals surface area (Å²) in [6, 6.07) is 1.23. The van der Waals surface area contributed by atoms with Crippen molar-refractivity contribution in [2.75, 3.05) is 12.4 Å². The maximum absolute atomic E-state index is 8.74. The second-order valence-electron chi connectivity index (χ2n) is 4.26. The molecule has 0 bridgehead atoms. The molecular weight excluding hydrogens is 194 g/mol. The Balaban J connectivity index is 2.20. The van der Waals surface area contributed by atoms with Crippen LogP contribution in [0.25, 0.3) is 0 Å². The van der Waals surface area contributed by atoms with E-state index in [1.807, 2.05) is 0 Å². The highest BCUT2D eigenvalue weighted by Crippen LogP contribution is 2.25. The van der Waals surface area contributed by atoms with E-state index in [2.05, 4.69) is 30.9 Å². The highest BCUT2D eigenvalue weighted by molar-refractivity contribution is 7.99. The average molecular weight is 217 g/mol. The Bertz CT molecular complexity index is 154. The lowest BCUT2D eigenvalue weighted by Gasteiger charge is -2.31. The first-order chi connectivity index (χ1) is 6.74. The maximum Gasteiger partial charge on any atom is 0.0431 e. The SMILES string of the molecule is CC(CCCO)NC1CCCSC1C. The van der Waals surface area contributed by atoms with Crippen LogP contribution in [0.1, 0.15) is 39.5 Å². The van der Waals surface area contributed by atoms with Crippen LogP contribution in [-0.2, 0) is 0 Å². The number of thioether (sulfide) groups is 1. The quantitative estimate of drug-likeness (QED) is 0.739. The summed E-state index contributed by atoms with van der Waals surface area (Å²) in [6.07, 6.45) is 4.67. The summed E-state index contributed by atoms with van der Waals surface area (Å²) in [7, 11) is 0. The molecule has 0 amide bonds. The minimum atomic E-state index is 0.320. The summed E-state index contributed by atoms with van der Waals surface area (Å²) < 4.78 is 0. The van der Waals surface area contributed by atoms with E-state index in [1.165, 1.54) is 18.6 Å². The summed E-state index contributed by atoms with van der Waals surface area (Å²) in [6.45, 7) is 4.86. The molecule has 1 heterocycles. The molecule has 0 aromatic rings. The lowest BCUT2D eigenvalue weighted by molar-refractivity contribution is 0.272. The fourth-order valence-electron chi connectivity index (χ4n) is 1.99. The van der Waals surface area contributed by atoms with Gasteiger partial charge in [0.15, 0.2) is 0 Å². The number of rotatable bonds is 5. The van der Waals surface area contributed by atoms with Gasteiger partial charge in [0.25, 0.3) is 0 Å². The van der Waals surface area contributed by atoms with Crippen LogP contribution in [0, 0.1) is 0 Å². The smallest absolute Gasteiger partial charge is 0.0431 e. The Morgan fingerprint density at radius 2 is 2.36 bits per heavy atom. The number of hydrogen-bond donors (Lipinski definition) is 2. The molecule has 3 heteroatoms. The third kappa shape index (κ3) is 4.20. The van der Waals surface area contributed by atoms with Gasteiger partial charge in [0.1, 0.15) is 0 Å². The first-order valence-electron chi connectivity index (χ1n) is 5.72. The van der Waals surface area contributed by atoms with E-state index in [-0.39, 0.29) is 0 Å². The molecule has 14 heavy (non-hydrogen) atoms. The van der Waals surface area contributed by atoms with Crippen LogP contribution >= 0.6 is 11.8 Å². The molecule has 0 aromatic carbocycles. The third-order valence-corrected chi connectivity index (χ3v) is 4.28. The van der Waals surface area contributed by atoms with Crippen molar-refractivity contribution in [3.8, 4) is 0 Å². The van der Waals surface area contributed by atoms with Gasteiger partial charge in [-0.3, -0.25) is 0 Å². The minimum Gasteiger partial charge on any atom is -0.396 e. The summed E-state index contributed by atoms with van der Waals surface area (Å²) in [5.74, 6) is 1.32. The largest absolute Gasteiger partial charge is 0.396 e. The Morgan fingerprint density at radius 1 is 1.57 bits per heavy atom. The first kappa shape index (κ1) is 12.3. The van der Waals surface area contributed by atoms with E-state index in [9.17, 15) is 0 Å². The molecule has 0 aromatic heterocycles. The number of nitrogens with one attached hydrogen (secondary N) is 1. The monoisotopic (exact) mass is 217 g/mol. The van der Waals surface area contributed by atoms with Crippen molar-refractivity contribution in [2.24, 2.45) is 0 Å². The lowest BCUT2D eigenvalue weighted by Crippen LogP contribution is -2.43. The van der Waals surface area contributed by atoms with Crippen LogP contribution < -0.4 is 5.32 Å². The van der Waals surface area contributed by atoms with Gasteiger partial charge >= 0.3 is 0 Å². The van der Waals surface area contributed by atoms with Gasteiger partial charge in [0, 0.05) is 23.9 Å². The van der Waals surface area contributed by atoms with Gasteiger partial charge < -0.3 is 10.4 Å². The molecule has 1 rings (SSSR count). The molecule has 0 aliphatic carbocycles. The second kappa shape index (κ2) is 6.70. The van der Waals surface area contributed by atoms with Gasteiger partial charge in [-0.25, -0.2) is 0 Å². The Hall–Kier alpha value is 0.270. The Labute approximate surface area is 91.9 Å². The zero-order chi connectivity index (χ0) is 10.4. The molecule has 1 saturated heterocycles. The topological polar surface area (TPSA) is 32.3 Å². The third-order valence-electron chi connectivity index (χ3n) is 2.90. The standard InChI is InChI=1S/C11H23NOS/c1-9(5-3-7-13)12-11-6-4-8-14-10(11)2/h9-13H,3-8H2,1-2H3. The fraction of sp³-hybridized carbons (Fsp3) is 1.00. The molecule has 2 N–H and O–H groups in total. The predicted octanol–water partition coefficient (Wildman–Crippen LogP) is 2.02. The first-order valence-corrected chi connectivity index (χ1v) is 6.77. The molecule has 1 aliphatic heterocycles. The molecule has 2 nitrogen and oxygen atoms in total. The maximum atomic E-state index is 8.74. The van der Waals surface area contributed by atoms with Crippen LogP contribution in [0.2, 0.25) is 0 Å². The summed E-state index contributed by atoms with van der Waals surface area (Å²) >= 11 is 2.08. The molecule has 3 atom stereocenters. The molecule has 0 spiro atoms. The van der Waals surface area contributed by atoms with Crippen molar-refractivity contribution < 1.29 is 5.11 Å². The molecule has 0 radical (unpaired) electrons. The molecule has 1 aliphatic rings. The van der Waals surface area contributed by atoms with Gasteiger partial charge in [0.2, 0.25) is 0 Å². The van der Waals surface area contributed by atoms with Crippen LogP contribution in [-0.4, -0.2) is 34.8 Å². The molecule has 3 unspecified atom stereocenters. The van der Waals surface area contributed by atoms with Gasteiger partial charge in [-0.15, -0.1) is 0 Å². The van der Waals surface area contributed by atoms with Crippen LogP contribution in [0.3, 0.4) is 0 Å². The zero-order valence-corrected chi connectivity index (χ0v) is 10.1. The minimum absolute atomic E-state index is 0.320. The highest BCUT2D eigenvalue weighted by Gasteiger charge is 2.22. The van der Waals surface area contributed by atoms with Crippen molar-refractivity contribution in [1.29, 1.82) is 0 Å². The van der Waals surface area contributed by atoms with Gasteiger partial charge in [0.05, 0.1) is 0 Å². The molecule has 0 saturated carbocycles.